The van der Waals surface area contributed by atoms with Gasteiger partial charge < -0.3 is 10.3 Å². The zero-order chi connectivity index (χ0) is 8.43. The number of rotatable bonds is 2. The molecule has 0 saturated carbocycles. The van der Waals surface area contributed by atoms with Crippen molar-refractivity contribution < 1.29 is 4.52 Å². The molecule has 0 unspecified atom stereocenters. The van der Waals surface area contributed by atoms with Crippen LogP contribution >= 0.6 is 0 Å². The summed E-state index contributed by atoms with van der Waals surface area (Å²) in [4.78, 5) is 0. The van der Waals surface area contributed by atoms with Gasteiger partial charge in [0.15, 0.2) is 0 Å². The van der Waals surface area contributed by atoms with E-state index in [-0.39, 0.29) is 0 Å². The number of anilines is 1. The summed E-state index contributed by atoms with van der Waals surface area (Å²) >= 11 is 0. The van der Waals surface area contributed by atoms with Gasteiger partial charge in [-0.2, -0.15) is 0 Å². The zero-order valence-corrected chi connectivity index (χ0v) is 7.22. The van der Waals surface area contributed by atoms with Crippen LogP contribution in [0.4, 0.5) is 5.88 Å². The van der Waals surface area contributed by atoms with Crippen LogP contribution < -0.4 is 5.73 Å². The lowest BCUT2D eigenvalue weighted by Gasteiger charge is -2.02. The highest BCUT2D eigenvalue weighted by molar-refractivity contribution is 5.38. The second-order valence-electron chi connectivity index (χ2n) is 2.87. The van der Waals surface area contributed by atoms with Crippen LogP contribution in [0.2, 0.25) is 0 Å². The topological polar surface area (TPSA) is 52.0 Å². The fraction of sp³-hybridized carbons (Fsp3) is 0.625. The monoisotopic (exact) mass is 154 g/mol. The summed E-state index contributed by atoms with van der Waals surface area (Å²) in [6, 6.07) is 0. The highest BCUT2D eigenvalue weighted by Gasteiger charge is 2.13. The molecule has 11 heavy (non-hydrogen) atoms. The van der Waals surface area contributed by atoms with Crippen molar-refractivity contribution in [2.24, 2.45) is 0 Å². The summed E-state index contributed by atoms with van der Waals surface area (Å²) in [6.45, 7) is 6.17. The standard InChI is InChI=1S/C8H14N2O/c1-4-5(2)7-6(3)8(9)11-10-7/h5H,4,9H2,1-3H3/t5-/m0/s1. The Bertz CT molecular complexity index is 242. The quantitative estimate of drug-likeness (QED) is 0.709. The maximum atomic E-state index is 5.50. The minimum Gasteiger partial charge on any atom is -0.367 e. The van der Waals surface area contributed by atoms with Crippen molar-refractivity contribution in [2.45, 2.75) is 33.1 Å². The lowest BCUT2D eigenvalue weighted by molar-refractivity contribution is 0.421. The van der Waals surface area contributed by atoms with Crippen LogP contribution in [0.25, 0.3) is 0 Å². The van der Waals surface area contributed by atoms with Gasteiger partial charge in [-0.05, 0) is 13.3 Å². The van der Waals surface area contributed by atoms with Gasteiger partial charge in [0.25, 0.3) is 0 Å². The van der Waals surface area contributed by atoms with Gasteiger partial charge in [-0.25, -0.2) is 0 Å². The fourth-order valence-electron chi connectivity index (χ4n) is 1.01. The highest BCUT2D eigenvalue weighted by Crippen LogP contribution is 2.24. The predicted molar refractivity (Wildman–Crippen MR) is 44.4 cm³/mol. The molecule has 0 amide bonds. The van der Waals surface area contributed by atoms with E-state index >= 15 is 0 Å². The summed E-state index contributed by atoms with van der Waals surface area (Å²) < 4.78 is 4.85. The molecule has 0 fully saturated rings. The Kier molecular flexibility index (Phi) is 2.17. The van der Waals surface area contributed by atoms with Crippen LogP contribution in [0, 0.1) is 6.92 Å². The van der Waals surface area contributed by atoms with E-state index in [0.717, 1.165) is 17.7 Å². The first-order valence-corrected chi connectivity index (χ1v) is 3.88. The first-order valence-electron chi connectivity index (χ1n) is 3.88. The van der Waals surface area contributed by atoms with E-state index in [0.29, 0.717) is 11.8 Å². The van der Waals surface area contributed by atoms with E-state index in [4.69, 9.17) is 10.3 Å². The molecule has 0 aliphatic heterocycles. The third kappa shape index (κ3) is 1.37. The smallest absolute Gasteiger partial charge is 0.225 e. The van der Waals surface area contributed by atoms with Crippen LogP contribution in [-0.2, 0) is 0 Å². The molecule has 1 aromatic rings. The van der Waals surface area contributed by atoms with E-state index < -0.39 is 0 Å². The van der Waals surface area contributed by atoms with Gasteiger partial charge in [0.05, 0.1) is 5.69 Å². The first-order chi connectivity index (χ1) is 5.16. The Hall–Kier alpha value is -0.990. The van der Waals surface area contributed by atoms with Gasteiger partial charge in [-0.3, -0.25) is 0 Å². The molecule has 3 nitrogen and oxygen atoms in total. The van der Waals surface area contributed by atoms with Gasteiger partial charge in [0, 0.05) is 11.5 Å². The number of hydrogen-bond donors (Lipinski definition) is 1. The van der Waals surface area contributed by atoms with Gasteiger partial charge in [0.2, 0.25) is 5.88 Å². The number of hydrogen-bond acceptors (Lipinski definition) is 3. The summed E-state index contributed by atoms with van der Waals surface area (Å²) in [7, 11) is 0. The molecule has 1 rings (SSSR count). The highest BCUT2D eigenvalue weighted by atomic mass is 16.5. The third-order valence-electron chi connectivity index (χ3n) is 2.08. The van der Waals surface area contributed by atoms with Crippen molar-refractivity contribution in [3.8, 4) is 0 Å². The summed E-state index contributed by atoms with van der Waals surface area (Å²) in [6.07, 6.45) is 1.06. The molecule has 0 aliphatic rings. The van der Waals surface area contributed by atoms with Crippen LogP contribution in [0.15, 0.2) is 4.52 Å². The molecule has 3 heteroatoms. The van der Waals surface area contributed by atoms with E-state index in [1.807, 2.05) is 6.92 Å². The van der Waals surface area contributed by atoms with E-state index in [1.54, 1.807) is 0 Å². The molecule has 1 heterocycles. The Morgan fingerprint density at radius 2 is 2.27 bits per heavy atom. The van der Waals surface area contributed by atoms with Crippen molar-refractivity contribution >= 4 is 5.88 Å². The largest absolute Gasteiger partial charge is 0.367 e. The molecule has 1 aromatic heterocycles. The lowest BCUT2D eigenvalue weighted by atomic mass is 10.0. The molecule has 62 valence electrons. The molecule has 2 N–H and O–H groups in total. The number of aromatic nitrogens is 1. The minimum absolute atomic E-state index is 0.441. The fourth-order valence-corrected chi connectivity index (χ4v) is 1.01. The van der Waals surface area contributed by atoms with E-state index in [2.05, 4.69) is 19.0 Å². The molecule has 0 aromatic carbocycles. The van der Waals surface area contributed by atoms with Crippen molar-refractivity contribution in [1.82, 2.24) is 5.16 Å². The second-order valence-corrected chi connectivity index (χ2v) is 2.87. The second kappa shape index (κ2) is 2.95. The average Bonchev–Trinajstić information content (AvgIpc) is 2.32. The van der Waals surface area contributed by atoms with Crippen LogP contribution in [-0.4, -0.2) is 5.16 Å². The Labute approximate surface area is 66.6 Å². The Balaban J connectivity index is 2.94. The van der Waals surface area contributed by atoms with Crippen molar-refractivity contribution in [3.63, 3.8) is 0 Å². The summed E-state index contributed by atoms with van der Waals surface area (Å²) in [5.74, 6) is 0.886. The normalized spacial score (nSPS) is 13.4. The maximum absolute atomic E-state index is 5.50. The molecular formula is C8H14N2O. The van der Waals surface area contributed by atoms with Gasteiger partial charge in [-0.1, -0.05) is 19.0 Å². The van der Waals surface area contributed by atoms with Gasteiger partial charge >= 0.3 is 0 Å². The van der Waals surface area contributed by atoms with E-state index in [1.165, 1.54) is 0 Å². The maximum Gasteiger partial charge on any atom is 0.225 e. The SMILES string of the molecule is CC[C@H](C)c1noc(N)c1C. The molecule has 0 radical (unpaired) electrons. The van der Waals surface area contributed by atoms with Crippen LogP contribution in [0.1, 0.15) is 37.4 Å². The van der Waals surface area contributed by atoms with Crippen LogP contribution in [0.5, 0.6) is 0 Å². The molecule has 0 spiro atoms. The predicted octanol–water partition coefficient (Wildman–Crippen LogP) is 2.08. The van der Waals surface area contributed by atoms with E-state index in [9.17, 15) is 0 Å². The van der Waals surface area contributed by atoms with Crippen molar-refractivity contribution in [3.05, 3.63) is 11.3 Å². The summed E-state index contributed by atoms with van der Waals surface area (Å²) in [5.41, 5.74) is 7.48. The minimum atomic E-state index is 0.441. The summed E-state index contributed by atoms with van der Waals surface area (Å²) in [5, 5.41) is 3.89. The number of nitrogens with zero attached hydrogens (tertiary/aromatic N) is 1. The Morgan fingerprint density at radius 3 is 2.64 bits per heavy atom. The average molecular weight is 154 g/mol. The number of nitrogen functional groups attached to an aromatic ring is 1. The van der Waals surface area contributed by atoms with Crippen molar-refractivity contribution in [1.29, 1.82) is 0 Å². The third-order valence-corrected chi connectivity index (χ3v) is 2.08. The molecule has 0 saturated heterocycles. The first kappa shape index (κ1) is 8.11. The van der Waals surface area contributed by atoms with Gasteiger partial charge in [0.1, 0.15) is 0 Å². The Morgan fingerprint density at radius 1 is 1.64 bits per heavy atom. The van der Waals surface area contributed by atoms with Gasteiger partial charge in [-0.15, -0.1) is 0 Å². The van der Waals surface area contributed by atoms with Crippen LogP contribution in [0.3, 0.4) is 0 Å². The molecule has 0 bridgehead atoms. The molecule has 0 aliphatic carbocycles. The molecule has 1 atom stereocenters. The van der Waals surface area contributed by atoms with Crippen molar-refractivity contribution in [2.75, 3.05) is 5.73 Å². The molecular weight excluding hydrogens is 140 g/mol. The lowest BCUT2D eigenvalue weighted by Crippen LogP contribution is -1.94. The zero-order valence-electron chi connectivity index (χ0n) is 7.22. The number of nitrogens with two attached hydrogens (primary N) is 1.